The fourth-order valence-electron chi connectivity index (χ4n) is 3.28. The van der Waals surface area contributed by atoms with E-state index in [-0.39, 0.29) is 6.04 Å². The molecule has 0 aliphatic rings. The summed E-state index contributed by atoms with van der Waals surface area (Å²) in [6, 6.07) is 14.6. The van der Waals surface area contributed by atoms with Crippen LogP contribution in [0.15, 0.2) is 47.5 Å². The van der Waals surface area contributed by atoms with E-state index in [1.807, 2.05) is 18.2 Å². The van der Waals surface area contributed by atoms with Gasteiger partial charge in [0.1, 0.15) is 11.5 Å². The lowest BCUT2D eigenvalue weighted by atomic mass is 10.1. The second-order valence-electron chi connectivity index (χ2n) is 7.20. The van der Waals surface area contributed by atoms with E-state index >= 15 is 0 Å². The Labute approximate surface area is 174 Å². The third-order valence-electron chi connectivity index (χ3n) is 4.91. The van der Waals surface area contributed by atoms with Crippen molar-refractivity contribution in [3.8, 4) is 11.5 Å². The van der Waals surface area contributed by atoms with Crippen molar-refractivity contribution in [1.29, 1.82) is 0 Å². The quantitative estimate of drug-likeness (QED) is 0.502. The number of likely N-dealkylation sites (N-methyl/N-ethyl adjacent to an activating group) is 1. The molecule has 1 atom stereocenters. The normalized spacial score (nSPS) is 12.6. The molecule has 0 aromatic heterocycles. The minimum atomic E-state index is 0.195. The summed E-state index contributed by atoms with van der Waals surface area (Å²) >= 11 is 0. The Morgan fingerprint density at radius 1 is 1.07 bits per heavy atom. The summed E-state index contributed by atoms with van der Waals surface area (Å²) in [7, 11) is 9.34. The van der Waals surface area contributed by atoms with E-state index in [0.29, 0.717) is 0 Å². The molecule has 2 rings (SSSR count). The first-order chi connectivity index (χ1) is 14.0. The van der Waals surface area contributed by atoms with Crippen LogP contribution in [0.4, 0.5) is 0 Å². The maximum atomic E-state index is 5.47. The van der Waals surface area contributed by atoms with Gasteiger partial charge in [0.2, 0.25) is 0 Å². The number of aryl methyl sites for hydroxylation is 1. The first-order valence-electron chi connectivity index (χ1n) is 9.87. The molecule has 2 aromatic rings. The summed E-state index contributed by atoms with van der Waals surface area (Å²) in [5.41, 5.74) is 3.62. The number of nitrogens with one attached hydrogen (secondary N) is 2. The van der Waals surface area contributed by atoms with E-state index in [9.17, 15) is 0 Å². The van der Waals surface area contributed by atoms with Crippen molar-refractivity contribution >= 4 is 5.96 Å². The van der Waals surface area contributed by atoms with Gasteiger partial charge < -0.3 is 25.0 Å². The summed E-state index contributed by atoms with van der Waals surface area (Å²) in [6.07, 6.45) is 0.860. The highest BCUT2D eigenvalue weighted by molar-refractivity contribution is 5.79. The standard InChI is InChI=1S/C23H34N4O2/c1-17-10-11-22(29-6)19(14-17)12-13-25-23(24-2)26-16-21(27(3)4)18-8-7-9-20(15-18)28-5/h7-11,14-15,21H,12-13,16H2,1-6H3,(H2,24,25,26). The lowest BCUT2D eigenvalue weighted by Crippen LogP contribution is -2.42. The number of methoxy groups -OCH3 is 2. The van der Waals surface area contributed by atoms with Gasteiger partial charge in [-0.25, -0.2) is 0 Å². The average molecular weight is 399 g/mol. The van der Waals surface area contributed by atoms with Crippen molar-refractivity contribution in [3.63, 3.8) is 0 Å². The van der Waals surface area contributed by atoms with Crippen molar-refractivity contribution in [2.24, 2.45) is 4.99 Å². The van der Waals surface area contributed by atoms with Crippen LogP contribution in [0.3, 0.4) is 0 Å². The van der Waals surface area contributed by atoms with Gasteiger partial charge in [-0.15, -0.1) is 0 Å². The molecule has 0 aliphatic heterocycles. The van der Waals surface area contributed by atoms with Crippen molar-refractivity contribution in [3.05, 3.63) is 59.2 Å². The Kier molecular flexibility index (Phi) is 8.80. The SMILES string of the molecule is CN=C(NCCc1cc(C)ccc1OC)NCC(c1cccc(OC)c1)N(C)C. The molecular weight excluding hydrogens is 364 g/mol. The number of guanidine groups is 1. The molecule has 0 bridgehead atoms. The number of nitrogens with zero attached hydrogens (tertiary/aromatic N) is 2. The molecule has 0 aliphatic carbocycles. The smallest absolute Gasteiger partial charge is 0.191 e. The zero-order valence-corrected chi connectivity index (χ0v) is 18.5. The molecule has 0 fully saturated rings. The predicted octanol–water partition coefficient (Wildman–Crippen LogP) is 3.02. The topological polar surface area (TPSA) is 58.1 Å². The summed E-state index contributed by atoms with van der Waals surface area (Å²) < 4.78 is 10.8. The Balaban J connectivity index is 1.94. The van der Waals surface area contributed by atoms with Crippen LogP contribution in [-0.4, -0.2) is 59.3 Å². The molecule has 0 heterocycles. The zero-order valence-electron chi connectivity index (χ0n) is 18.5. The first-order valence-corrected chi connectivity index (χ1v) is 9.87. The van der Waals surface area contributed by atoms with Crippen LogP contribution >= 0.6 is 0 Å². The van der Waals surface area contributed by atoms with E-state index in [1.165, 1.54) is 16.7 Å². The molecule has 6 nitrogen and oxygen atoms in total. The summed E-state index contributed by atoms with van der Waals surface area (Å²) in [5, 5.41) is 6.84. The number of hydrogen-bond acceptors (Lipinski definition) is 4. The van der Waals surface area contributed by atoms with Gasteiger partial charge in [-0.2, -0.15) is 0 Å². The molecular formula is C23H34N4O2. The Hall–Kier alpha value is -2.73. The molecule has 29 heavy (non-hydrogen) atoms. The highest BCUT2D eigenvalue weighted by Gasteiger charge is 2.15. The van der Waals surface area contributed by atoms with Gasteiger partial charge in [0.15, 0.2) is 5.96 Å². The van der Waals surface area contributed by atoms with Gasteiger partial charge in [-0.3, -0.25) is 4.99 Å². The zero-order chi connectivity index (χ0) is 21.2. The summed E-state index contributed by atoms with van der Waals surface area (Å²) in [5.74, 6) is 2.57. The highest BCUT2D eigenvalue weighted by atomic mass is 16.5. The number of benzene rings is 2. The summed E-state index contributed by atoms with van der Waals surface area (Å²) in [4.78, 5) is 6.55. The molecule has 0 amide bonds. The minimum Gasteiger partial charge on any atom is -0.497 e. The van der Waals surface area contributed by atoms with Gasteiger partial charge in [-0.1, -0.05) is 29.8 Å². The number of aliphatic imine (C=N–C) groups is 1. The van der Waals surface area contributed by atoms with Gasteiger partial charge >= 0.3 is 0 Å². The van der Waals surface area contributed by atoms with Crippen LogP contribution in [0.25, 0.3) is 0 Å². The molecule has 6 heteroatoms. The maximum Gasteiger partial charge on any atom is 0.191 e. The van der Waals surface area contributed by atoms with Gasteiger partial charge in [0.05, 0.1) is 20.3 Å². The van der Waals surface area contributed by atoms with Crippen LogP contribution in [0.1, 0.15) is 22.7 Å². The third-order valence-corrected chi connectivity index (χ3v) is 4.91. The van der Waals surface area contributed by atoms with Crippen molar-refractivity contribution in [2.75, 3.05) is 48.5 Å². The van der Waals surface area contributed by atoms with Crippen molar-refractivity contribution in [2.45, 2.75) is 19.4 Å². The molecule has 1 unspecified atom stereocenters. The first kappa shape index (κ1) is 22.6. The molecule has 0 saturated carbocycles. The number of ether oxygens (including phenoxy) is 2. The molecule has 2 aromatic carbocycles. The van der Waals surface area contributed by atoms with Crippen molar-refractivity contribution in [1.82, 2.24) is 15.5 Å². The number of hydrogen-bond donors (Lipinski definition) is 2. The fraction of sp³-hybridized carbons (Fsp3) is 0.435. The molecule has 0 saturated heterocycles. The van der Waals surface area contributed by atoms with Gasteiger partial charge in [0, 0.05) is 20.1 Å². The van der Waals surface area contributed by atoms with E-state index in [4.69, 9.17) is 9.47 Å². The van der Waals surface area contributed by atoms with Crippen LogP contribution in [0.2, 0.25) is 0 Å². The fourth-order valence-corrected chi connectivity index (χ4v) is 3.28. The maximum absolute atomic E-state index is 5.47. The molecule has 2 N–H and O–H groups in total. The average Bonchev–Trinajstić information content (AvgIpc) is 2.72. The van der Waals surface area contributed by atoms with Crippen LogP contribution < -0.4 is 20.1 Å². The Morgan fingerprint density at radius 2 is 1.86 bits per heavy atom. The lowest BCUT2D eigenvalue weighted by Gasteiger charge is -2.26. The lowest BCUT2D eigenvalue weighted by molar-refractivity contribution is 0.297. The largest absolute Gasteiger partial charge is 0.497 e. The minimum absolute atomic E-state index is 0.195. The van der Waals surface area contributed by atoms with Gasteiger partial charge in [0.25, 0.3) is 0 Å². The molecule has 0 spiro atoms. The van der Waals surface area contributed by atoms with Crippen molar-refractivity contribution < 1.29 is 9.47 Å². The Morgan fingerprint density at radius 3 is 2.52 bits per heavy atom. The predicted molar refractivity (Wildman–Crippen MR) is 120 cm³/mol. The summed E-state index contributed by atoms with van der Waals surface area (Å²) in [6.45, 7) is 3.59. The van der Waals surface area contributed by atoms with Gasteiger partial charge in [-0.05, 0) is 56.8 Å². The Bertz CT molecular complexity index is 805. The van der Waals surface area contributed by atoms with Crippen LogP contribution in [0, 0.1) is 6.92 Å². The highest BCUT2D eigenvalue weighted by Crippen LogP contribution is 2.22. The second kappa shape index (κ2) is 11.3. The van der Waals surface area contributed by atoms with Crippen LogP contribution in [-0.2, 0) is 6.42 Å². The third kappa shape index (κ3) is 6.68. The molecule has 0 radical (unpaired) electrons. The van der Waals surface area contributed by atoms with E-state index in [0.717, 1.165) is 37.0 Å². The monoisotopic (exact) mass is 398 g/mol. The number of rotatable bonds is 9. The van der Waals surface area contributed by atoms with E-state index < -0.39 is 0 Å². The van der Waals surface area contributed by atoms with E-state index in [1.54, 1.807) is 21.3 Å². The molecule has 158 valence electrons. The second-order valence-corrected chi connectivity index (χ2v) is 7.20. The van der Waals surface area contributed by atoms with E-state index in [2.05, 4.69) is 65.8 Å². The van der Waals surface area contributed by atoms with Crippen LogP contribution in [0.5, 0.6) is 11.5 Å².